The Bertz CT molecular complexity index is 518. The fraction of sp³-hybridized carbons (Fsp3) is 0.214. The predicted octanol–water partition coefficient (Wildman–Crippen LogP) is 3.37. The van der Waals surface area contributed by atoms with E-state index in [1.54, 1.807) is 0 Å². The van der Waals surface area contributed by atoms with E-state index in [9.17, 15) is 0 Å². The van der Waals surface area contributed by atoms with E-state index in [0.29, 0.717) is 0 Å². The number of benzene rings is 1. The molecule has 1 atom stereocenters. The SMILES string of the molecule is Cc1cncc(C(C)(N)c2ccc(Br)cc2)c1. The van der Waals surface area contributed by atoms with E-state index in [1.807, 2.05) is 50.5 Å². The second-order valence-corrected chi connectivity index (χ2v) is 5.38. The molecule has 0 fully saturated rings. The van der Waals surface area contributed by atoms with Crippen LogP contribution in [0.3, 0.4) is 0 Å². The minimum absolute atomic E-state index is 0.514. The van der Waals surface area contributed by atoms with Crippen molar-refractivity contribution in [2.75, 3.05) is 0 Å². The Labute approximate surface area is 110 Å². The van der Waals surface area contributed by atoms with Crippen LogP contribution >= 0.6 is 15.9 Å². The number of rotatable bonds is 2. The summed E-state index contributed by atoms with van der Waals surface area (Å²) in [6.45, 7) is 4.03. The Morgan fingerprint density at radius 3 is 2.35 bits per heavy atom. The van der Waals surface area contributed by atoms with Gasteiger partial charge in [-0.25, -0.2) is 0 Å². The molecule has 0 saturated carbocycles. The lowest BCUT2D eigenvalue weighted by atomic mass is 9.86. The normalized spacial score (nSPS) is 14.4. The van der Waals surface area contributed by atoms with E-state index in [0.717, 1.165) is 21.2 Å². The number of aromatic nitrogens is 1. The molecule has 0 aliphatic rings. The molecule has 1 unspecified atom stereocenters. The lowest BCUT2D eigenvalue weighted by molar-refractivity contribution is 0.599. The first-order valence-electron chi connectivity index (χ1n) is 5.47. The Hall–Kier alpha value is -1.19. The van der Waals surface area contributed by atoms with Crippen molar-refractivity contribution in [1.82, 2.24) is 4.98 Å². The van der Waals surface area contributed by atoms with Gasteiger partial charge in [0.25, 0.3) is 0 Å². The van der Waals surface area contributed by atoms with Gasteiger partial charge >= 0.3 is 0 Å². The fourth-order valence-corrected chi connectivity index (χ4v) is 2.07. The summed E-state index contributed by atoms with van der Waals surface area (Å²) in [6.07, 6.45) is 3.66. The molecule has 2 rings (SSSR count). The summed E-state index contributed by atoms with van der Waals surface area (Å²) in [4.78, 5) is 4.20. The zero-order valence-corrected chi connectivity index (χ0v) is 11.5. The summed E-state index contributed by atoms with van der Waals surface area (Å²) in [5.41, 5.74) is 9.13. The summed E-state index contributed by atoms with van der Waals surface area (Å²) in [6, 6.07) is 10.2. The lowest BCUT2D eigenvalue weighted by Gasteiger charge is -2.26. The summed E-state index contributed by atoms with van der Waals surface area (Å²) in [5, 5.41) is 0. The Morgan fingerprint density at radius 1 is 1.12 bits per heavy atom. The maximum absolute atomic E-state index is 6.42. The Morgan fingerprint density at radius 2 is 1.76 bits per heavy atom. The molecular weight excluding hydrogens is 276 g/mol. The highest BCUT2D eigenvalue weighted by Gasteiger charge is 2.23. The van der Waals surface area contributed by atoms with Gasteiger partial charge in [-0.2, -0.15) is 0 Å². The first kappa shape index (κ1) is 12.3. The van der Waals surface area contributed by atoms with E-state index in [1.165, 1.54) is 0 Å². The predicted molar refractivity (Wildman–Crippen MR) is 73.8 cm³/mol. The number of hydrogen-bond acceptors (Lipinski definition) is 2. The van der Waals surface area contributed by atoms with E-state index >= 15 is 0 Å². The molecule has 1 heterocycles. The van der Waals surface area contributed by atoms with E-state index in [2.05, 4.69) is 27.0 Å². The third kappa shape index (κ3) is 2.56. The molecule has 0 spiro atoms. The number of pyridine rings is 1. The molecule has 1 aromatic heterocycles. The van der Waals surface area contributed by atoms with Gasteiger partial charge in [0, 0.05) is 16.9 Å². The zero-order chi connectivity index (χ0) is 12.5. The number of nitrogens with two attached hydrogens (primary N) is 1. The third-order valence-electron chi connectivity index (χ3n) is 2.92. The van der Waals surface area contributed by atoms with Crippen LogP contribution in [-0.2, 0) is 5.54 Å². The second-order valence-electron chi connectivity index (χ2n) is 4.46. The molecule has 2 nitrogen and oxygen atoms in total. The van der Waals surface area contributed by atoms with Crippen LogP contribution in [0.1, 0.15) is 23.6 Å². The number of hydrogen-bond donors (Lipinski definition) is 1. The van der Waals surface area contributed by atoms with Gasteiger partial charge < -0.3 is 5.73 Å². The molecule has 2 aromatic rings. The first-order chi connectivity index (χ1) is 8.00. The van der Waals surface area contributed by atoms with Crippen LogP contribution in [0.15, 0.2) is 47.2 Å². The molecule has 0 amide bonds. The third-order valence-corrected chi connectivity index (χ3v) is 3.45. The van der Waals surface area contributed by atoms with Crippen molar-refractivity contribution in [3.8, 4) is 0 Å². The number of halogens is 1. The Balaban J connectivity index is 2.45. The van der Waals surface area contributed by atoms with Crippen LogP contribution < -0.4 is 5.73 Å². The molecule has 17 heavy (non-hydrogen) atoms. The van der Waals surface area contributed by atoms with Crippen molar-refractivity contribution in [3.63, 3.8) is 0 Å². The zero-order valence-electron chi connectivity index (χ0n) is 9.94. The van der Waals surface area contributed by atoms with Crippen molar-refractivity contribution in [3.05, 3.63) is 63.9 Å². The van der Waals surface area contributed by atoms with E-state index in [4.69, 9.17) is 5.73 Å². The maximum Gasteiger partial charge on any atom is 0.0652 e. The Kier molecular flexibility index (Phi) is 3.31. The molecule has 2 N–H and O–H groups in total. The van der Waals surface area contributed by atoms with Crippen LogP contribution in [-0.4, -0.2) is 4.98 Å². The average Bonchev–Trinajstić information content (AvgIpc) is 2.29. The average molecular weight is 291 g/mol. The quantitative estimate of drug-likeness (QED) is 0.921. The molecule has 88 valence electrons. The van der Waals surface area contributed by atoms with E-state index in [-0.39, 0.29) is 0 Å². The molecule has 0 saturated heterocycles. The molecule has 0 bridgehead atoms. The van der Waals surface area contributed by atoms with Crippen LogP contribution in [0, 0.1) is 6.92 Å². The van der Waals surface area contributed by atoms with Crippen LogP contribution in [0.4, 0.5) is 0 Å². The highest BCUT2D eigenvalue weighted by atomic mass is 79.9. The summed E-state index contributed by atoms with van der Waals surface area (Å²) < 4.78 is 1.06. The monoisotopic (exact) mass is 290 g/mol. The number of nitrogens with zero attached hydrogens (tertiary/aromatic N) is 1. The molecule has 1 aromatic carbocycles. The van der Waals surface area contributed by atoms with E-state index < -0.39 is 5.54 Å². The van der Waals surface area contributed by atoms with Gasteiger partial charge in [0.2, 0.25) is 0 Å². The summed E-state index contributed by atoms with van der Waals surface area (Å²) >= 11 is 3.43. The summed E-state index contributed by atoms with van der Waals surface area (Å²) in [5.74, 6) is 0. The summed E-state index contributed by atoms with van der Waals surface area (Å²) in [7, 11) is 0. The number of aryl methyl sites for hydroxylation is 1. The minimum Gasteiger partial charge on any atom is -0.318 e. The van der Waals surface area contributed by atoms with Crippen molar-refractivity contribution < 1.29 is 0 Å². The topological polar surface area (TPSA) is 38.9 Å². The maximum atomic E-state index is 6.42. The van der Waals surface area contributed by atoms with Crippen molar-refractivity contribution >= 4 is 15.9 Å². The van der Waals surface area contributed by atoms with Crippen LogP contribution in [0.5, 0.6) is 0 Å². The van der Waals surface area contributed by atoms with Gasteiger partial charge in [-0.1, -0.05) is 34.1 Å². The largest absolute Gasteiger partial charge is 0.318 e. The smallest absolute Gasteiger partial charge is 0.0652 e. The fourth-order valence-electron chi connectivity index (χ4n) is 1.80. The van der Waals surface area contributed by atoms with Crippen LogP contribution in [0.25, 0.3) is 0 Å². The molecule has 3 heteroatoms. The first-order valence-corrected chi connectivity index (χ1v) is 6.26. The van der Waals surface area contributed by atoms with Crippen molar-refractivity contribution in [2.45, 2.75) is 19.4 Å². The van der Waals surface area contributed by atoms with Gasteiger partial charge in [0.05, 0.1) is 5.54 Å². The standard InChI is InChI=1S/C14H15BrN2/c1-10-7-12(9-17-8-10)14(2,16)11-3-5-13(15)6-4-11/h3-9H,16H2,1-2H3. The molecular formula is C14H15BrN2. The van der Waals surface area contributed by atoms with Crippen molar-refractivity contribution in [1.29, 1.82) is 0 Å². The van der Waals surface area contributed by atoms with Gasteiger partial charge in [-0.3, -0.25) is 4.98 Å². The lowest BCUT2D eigenvalue weighted by Crippen LogP contribution is -2.34. The van der Waals surface area contributed by atoms with Crippen LogP contribution in [0.2, 0.25) is 0 Å². The van der Waals surface area contributed by atoms with Crippen molar-refractivity contribution in [2.24, 2.45) is 5.73 Å². The van der Waals surface area contributed by atoms with Gasteiger partial charge in [-0.05, 0) is 42.7 Å². The molecule has 0 aliphatic carbocycles. The van der Waals surface area contributed by atoms with Gasteiger partial charge in [0.15, 0.2) is 0 Å². The highest BCUT2D eigenvalue weighted by Crippen LogP contribution is 2.27. The minimum atomic E-state index is -0.514. The highest BCUT2D eigenvalue weighted by molar-refractivity contribution is 9.10. The molecule has 0 aliphatic heterocycles. The second kappa shape index (κ2) is 4.59. The molecule has 0 radical (unpaired) electrons. The van der Waals surface area contributed by atoms with Gasteiger partial charge in [0.1, 0.15) is 0 Å². The van der Waals surface area contributed by atoms with Gasteiger partial charge in [-0.15, -0.1) is 0 Å².